The van der Waals surface area contributed by atoms with E-state index < -0.39 is 0 Å². The zero-order valence-corrected chi connectivity index (χ0v) is 11.5. The van der Waals surface area contributed by atoms with Gasteiger partial charge in [-0.1, -0.05) is 17.7 Å². The fourth-order valence-corrected chi connectivity index (χ4v) is 1.58. The molecule has 96 valence electrons. The van der Waals surface area contributed by atoms with Crippen LogP contribution >= 0.6 is 11.6 Å². The van der Waals surface area contributed by atoms with Crippen molar-refractivity contribution in [3.8, 4) is 5.75 Å². The predicted octanol–water partition coefficient (Wildman–Crippen LogP) is 3.22. The standard InChI is InChI=1S/C13H16ClN3O/c1-9-5-6-11(12(7-9)18-4)17-8-10(14)13(15-2)16-3/h5-8,17H,2H2,1,3-4H3/b10-8+,16-13?. The lowest BCUT2D eigenvalue weighted by atomic mass is 10.2. The summed E-state index contributed by atoms with van der Waals surface area (Å²) in [5.74, 6) is 1.13. The molecule has 0 aliphatic carbocycles. The van der Waals surface area contributed by atoms with Crippen molar-refractivity contribution in [2.24, 2.45) is 9.98 Å². The third-order valence-corrected chi connectivity index (χ3v) is 2.56. The van der Waals surface area contributed by atoms with E-state index in [-0.39, 0.29) is 0 Å². The molecule has 1 rings (SSSR count). The minimum absolute atomic E-state index is 0.384. The number of aryl methyl sites for hydroxylation is 1. The summed E-state index contributed by atoms with van der Waals surface area (Å²) in [4.78, 5) is 7.60. The second kappa shape index (κ2) is 6.81. The van der Waals surface area contributed by atoms with Crippen molar-refractivity contribution < 1.29 is 4.74 Å². The summed E-state index contributed by atoms with van der Waals surface area (Å²) in [7, 11) is 3.22. The molecule has 1 aromatic rings. The van der Waals surface area contributed by atoms with Gasteiger partial charge in [0.15, 0.2) is 5.84 Å². The van der Waals surface area contributed by atoms with Crippen LogP contribution in [0.3, 0.4) is 0 Å². The summed E-state index contributed by atoms with van der Waals surface area (Å²) in [5, 5.41) is 3.44. The number of benzene rings is 1. The molecular formula is C13H16ClN3O. The summed E-state index contributed by atoms with van der Waals surface area (Å²) in [6, 6.07) is 5.83. The molecule has 1 aromatic carbocycles. The molecule has 0 aliphatic heterocycles. The second-order valence-corrected chi connectivity index (χ2v) is 3.95. The van der Waals surface area contributed by atoms with Crippen LogP contribution in [0.15, 0.2) is 39.4 Å². The third-order valence-electron chi connectivity index (χ3n) is 2.29. The maximum atomic E-state index is 6.02. The first kappa shape index (κ1) is 14.3. The SMILES string of the molecule is C=NC(=NC)/C(Cl)=C\Nc1ccc(C)cc1OC. The van der Waals surface area contributed by atoms with Crippen molar-refractivity contribution in [2.45, 2.75) is 6.92 Å². The quantitative estimate of drug-likeness (QED) is 0.671. The molecular weight excluding hydrogens is 250 g/mol. The smallest absolute Gasteiger partial charge is 0.166 e. The van der Waals surface area contributed by atoms with Gasteiger partial charge in [0.1, 0.15) is 10.8 Å². The molecule has 0 aliphatic rings. The largest absolute Gasteiger partial charge is 0.495 e. The molecule has 0 heterocycles. The molecule has 0 fully saturated rings. The molecule has 0 unspecified atom stereocenters. The molecule has 4 nitrogen and oxygen atoms in total. The first-order valence-corrected chi connectivity index (χ1v) is 5.71. The lowest BCUT2D eigenvalue weighted by Gasteiger charge is -2.09. The van der Waals surface area contributed by atoms with Crippen LogP contribution in [0.25, 0.3) is 0 Å². The molecule has 0 saturated carbocycles. The zero-order chi connectivity index (χ0) is 13.5. The monoisotopic (exact) mass is 265 g/mol. The average Bonchev–Trinajstić information content (AvgIpc) is 2.38. The Hall–Kier alpha value is -1.81. The Balaban J connectivity index is 2.92. The number of methoxy groups -OCH3 is 1. The van der Waals surface area contributed by atoms with Gasteiger partial charge in [-0.3, -0.25) is 4.99 Å². The molecule has 0 aromatic heterocycles. The van der Waals surface area contributed by atoms with Crippen molar-refractivity contribution in [3.63, 3.8) is 0 Å². The Morgan fingerprint density at radius 3 is 2.78 bits per heavy atom. The van der Waals surface area contributed by atoms with Gasteiger partial charge in [-0.05, 0) is 31.3 Å². The Labute approximate surface area is 112 Å². The van der Waals surface area contributed by atoms with Crippen molar-refractivity contribution in [3.05, 3.63) is 35.0 Å². The van der Waals surface area contributed by atoms with Gasteiger partial charge in [0.05, 0.1) is 12.8 Å². The highest BCUT2D eigenvalue weighted by molar-refractivity contribution is 6.43. The molecule has 1 N–H and O–H groups in total. The van der Waals surface area contributed by atoms with Gasteiger partial charge in [0.25, 0.3) is 0 Å². The number of ether oxygens (including phenoxy) is 1. The van der Waals surface area contributed by atoms with Gasteiger partial charge in [0.2, 0.25) is 0 Å². The van der Waals surface area contributed by atoms with Crippen molar-refractivity contribution >= 4 is 29.8 Å². The van der Waals surface area contributed by atoms with Crippen LogP contribution in [0, 0.1) is 6.92 Å². The van der Waals surface area contributed by atoms with Crippen LogP contribution < -0.4 is 10.1 Å². The summed E-state index contributed by atoms with van der Waals surface area (Å²) in [5.41, 5.74) is 1.94. The summed E-state index contributed by atoms with van der Waals surface area (Å²) in [6.07, 6.45) is 1.60. The van der Waals surface area contributed by atoms with Gasteiger partial charge in [-0.25, -0.2) is 4.99 Å². The van der Waals surface area contributed by atoms with E-state index in [2.05, 4.69) is 22.0 Å². The van der Waals surface area contributed by atoms with Crippen LogP contribution in [0.2, 0.25) is 0 Å². The maximum Gasteiger partial charge on any atom is 0.166 e. The van der Waals surface area contributed by atoms with E-state index in [0.717, 1.165) is 17.0 Å². The molecule has 0 saturated heterocycles. The van der Waals surface area contributed by atoms with Crippen LogP contribution in [0.1, 0.15) is 5.56 Å². The maximum absolute atomic E-state index is 6.02. The molecule has 18 heavy (non-hydrogen) atoms. The van der Waals surface area contributed by atoms with E-state index in [1.165, 1.54) is 0 Å². The molecule has 0 amide bonds. The summed E-state index contributed by atoms with van der Waals surface area (Å²) < 4.78 is 5.27. The van der Waals surface area contributed by atoms with E-state index in [0.29, 0.717) is 10.9 Å². The number of hydrogen-bond donors (Lipinski definition) is 1. The number of nitrogens with zero attached hydrogens (tertiary/aromatic N) is 2. The lowest BCUT2D eigenvalue weighted by molar-refractivity contribution is 0.416. The van der Waals surface area contributed by atoms with Gasteiger partial charge < -0.3 is 10.1 Å². The lowest BCUT2D eigenvalue weighted by Crippen LogP contribution is -1.99. The Morgan fingerprint density at radius 2 is 2.22 bits per heavy atom. The van der Waals surface area contributed by atoms with Crippen LogP contribution in [-0.4, -0.2) is 26.7 Å². The molecule has 0 spiro atoms. The molecule has 0 bridgehead atoms. The summed E-state index contributed by atoms with van der Waals surface area (Å²) in [6.45, 7) is 5.39. The first-order chi connectivity index (χ1) is 8.62. The minimum atomic E-state index is 0.384. The molecule has 5 heteroatoms. The number of rotatable bonds is 4. The first-order valence-electron chi connectivity index (χ1n) is 5.33. The van der Waals surface area contributed by atoms with Gasteiger partial charge in [-0.15, -0.1) is 0 Å². The predicted molar refractivity (Wildman–Crippen MR) is 78.2 cm³/mol. The Bertz CT molecular complexity index is 495. The van der Waals surface area contributed by atoms with Gasteiger partial charge in [-0.2, -0.15) is 0 Å². The average molecular weight is 266 g/mol. The zero-order valence-electron chi connectivity index (χ0n) is 10.7. The number of halogens is 1. The highest BCUT2D eigenvalue weighted by Gasteiger charge is 2.03. The second-order valence-electron chi connectivity index (χ2n) is 3.55. The number of hydrogen-bond acceptors (Lipinski definition) is 3. The highest BCUT2D eigenvalue weighted by Crippen LogP contribution is 2.25. The highest BCUT2D eigenvalue weighted by atomic mass is 35.5. The number of nitrogens with one attached hydrogen (secondary N) is 1. The van der Waals surface area contributed by atoms with Gasteiger partial charge >= 0.3 is 0 Å². The van der Waals surface area contributed by atoms with E-state index in [1.807, 2.05) is 25.1 Å². The number of amidine groups is 1. The fraction of sp³-hybridized carbons (Fsp3) is 0.231. The summed E-state index contributed by atoms with van der Waals surface area (Å²) >= 11 is 6.02. The van der Waals surface area contributed by atoms with Crippen LogP contribution in [0.4, 0.5) is 5.69 Å². The van der Waals surface area contributed by atoms with Crippen LogP contribution in [0.5, 0.6) is 5.75 Å². The number of aliphatic imine (C=N–C) groups is 2. The van der Waals surface area contributed by atoms with E-state index in [1.54, 1.807) is 20.4 Å². The number of anilines is 1. The molecule has 0 atom stereocenters. The van der Waals surface area contributed by atoms with E-state index in [4.69, 9.17) is 16.3 Å². The third kappa shape index (κ3) is 3.60. The Kier molecular flexibility index (Phi) is 5.39. The van der Waals surface area contributed by atoms with Crippen molar-refractivity contribution in [2.75, 3.05) is 19.5 Å². The fourth-order valence-electron chi connectivity index (χ4n) is 1.38. The van der Waals surface area contributed by atoms with Crippen LogP contribution in [-0.2, 0) is 0 Å². The molecule has 0 radical (unpaired) electrons. The van der Waals surface area contributed by atoms with E-state index >= 15 is 0 Å². The Morgan fingerprint density at radius 1 is 1.50 bits per heavy atom. The topological polar surface area (TPSA) is 46.0 Å². The van der Waals surface area contributed by atoms with Gasteiger partial charge in [0, 0.05) is 13.2 Å². The van der Waals surface area contributed by atoms with Crippen molar-refractivity contribution in [1.29, 1.82) is 0 Å². The normalized spacial score (nSPS) is 12.2. The van der Waals surface area contributed by atoms with Crippen molar-refractivity contribution in [1.82, 2.24) is 0 Å². The van der Waals surface area contributed by atoms with E-state index in [9.17, 15) is 0 Å². The minimum Gasteiger partial charge on any atom is -0.495 e.